The molecule has 3 rings (SSSR count). The lowest BCUT2D eigenvalue weighted by atomic mass is 9.97. The molecule has 208 valence electrons. The van der Waals surface area contributed by atoms with Gasteiger partial charge in [0, 0.05) is 0 Å². The third kappa shape index (κ3) is 7.63. The number of hydrogen-bond donors (Lipinski definition) is 1. The van der Waals surface area contributed by atoms with Crippen LogP contribution in [0.15, 0.2) is 42.5 Å². The summed E-state index contributed by atoms with van der Waals surface area (Å²) >= 11 is 0. The summed E-state index contributed by atoms with van der Waals surface area (Å²) in [5.41, 5.74) is 0.385. The van der Waals surface area contributed by atoms with Crippen molar-refractivity contribution >= 4 is 30.0 Å². The van der Waals surface area contributed by atoms with Crippen LogP contribution in [0, 0.1) is 0 Å². The van der Waals surface area contributed by atoms with Crippen LogP contribution in [-0.2, 0) is 9.53 Å². The molecule has 1 N–H and O–H groups in total. The lowest BCUT2D eigenvalue weighted by Crippen LogP contribution is -2.43. The molecule has 0 aromatic heterocycles. The molecule has 0 saturated heterocycles. The molecule has 1 aliphatic heterocycles. The molecule has 2 aromatic carbocycles. The van der Waals surface area contributed by atoms with Crippen LogP contribution < -0.4 is 24.3 Å². The highest BCUT2D eigenvalue weighted by Crippen LogP contribution is 2.40. The number of hydrogen-bond acceptors (Lipinski definition) is 8. The van der Waals surface area contributed by atoms with E-state index >= 15 is 0 Å². The molecule has 39 heavy (non-hydrogen) atoms. The van der Waals surface area contributed by atoms with E-state index in [4.69, 9.17) is 23.7 Å². The molecule has 1 heterocycles. The Balaban J connectivity index is 1.79. The Labute approximate surface area is 228 Å². The highest BCUT2D eigenvalue weighted by Gasteiger charge is 2.28. The summed E-state index contributed by atoms with van der Waals surface area (Å²) in [5, 5.41) is 2.44. The van der Waals surface area contributed by atoms with Crippen molar-refractivity contribution in [1.82, 2.24) is 5.32 Å². The summed E-state index contributed by atoms with van der Waals surface area (Å²) in [7, 11) is 3.00. The van der Waals surface area contributed by atoms with Gasteiger partial charge in [0.15, 0.2) is 17.3 Å². The molecule has 9 heteroatoms. The Morgan fingerprint density at radius 1 is 1.00 bits per heavy atom. The van der Waals surface area contributed by atoms with E-state index in [-0.39, 0.29) is 11.5 Å². The van der Waals surface area contributed by atoms with Crippen molar-refractivity contribution < 1.29 is 38.1 Å². The molecular weight excluding hydrogens is 502 g/mol. The summed E-state index contributed by atoms with van der Waals surface area (Å²) in [6.07, 6.45) is 6.07. The van der Waals surface area contributed by atoms with Gasteiger partial charge in [-0.2, -0.15) is 0 Å². The highest BCUT2D eigenvalue weighted by atomic mass is 16.6. The lowest BCUT2D eigenvalue weighted by Gasteiger charge is -2.29. The van der Waals surface area contributed by atoms with E-state index in [0.29, 0.717) is 33.9 Å². The first kappa shape index (κ1) is 29.3. The number of fused-ring (bicyclic) bond motifs is 1. The van der Waals surface area contributed by atoms with E-state index < -0.39 is 29.3 Å². The van der Waals surface area contributed by atoms with E-state index in [1.165, 1.54) is 20.1 Å². The number of alkyl carbamates (subject to hydrolysis) is 1. The van der Waals surface area contributed by atoms with Gasteiger partial charge in [-0.15, -0.1) is 0 Å². The number of ketones is 1. The first-order valence-corrected chi connectivity index (χ1v) is 12.4. The average Bonchev–Trinajstić information content (AvgIpc) is 2.84. The number of esters is 1. The smallest absolute Gasteiger partial charge is 0.408 e. The standard InChI is InChI=1S/C30H35NO8/c1-18(31-28(34)39-29(2,3)4)27(33)37-25-17-19(10-13-24(25)36-8)9-12-22(32)20-11-14-23(35-7)21-15-16-30(5,6)38-26(20)21/h9-18H,1-8H3,(H,31,34). The van der Waals surface area contributed by atoms with Gasteiger partial charge in [0.25, 0.3) is 0 Å². The van der Waals surface area contributed by atoms with Gasteiger partial charge >= 0.3 is 12.1 Å². The topological polar surface area (TPSA) is 109 Å². The van der Waals surface area contributed by atoms with E-state index in [9.17, 15) is 14.4 Å². The summed E-state index contributed by atoms with van der Waals surface area (Å²) in [6, 6.07) is 7.30. The number of allylic oxidation sites excluding steroid dienone is 1. The summed E-state index contributed by atoms with van der Waals surface area (Å²) in [5.74, 6) is 0.509. The van der Waals surface area contributed by atoms with Crippen LogP contribution in [0.3, 0.4) is 0 Å². The number of rotatable bonds is 8. The molecule has 9 nitrogen and oxygen atoms in total. The van der Waals surface area contributed by atoms with Crippen LogP contribution in [0.2, 0.25) is 0 Å². The monoisotopic (exact) mass is 537 g/mol. The van der Waals surface area contributed by atoms with Gasteiger partial charge in [-0.25, -0.2) is 9.59 Å². The normalized spacial score (nSPS) is 14.6. The molecule has 1 amide bonds. The molecule has 0 saturated carbocycles. The number of amides is 1. The number of nitrogens with one attached hydrogen (secondary N) is 1. The fraction of sp³-hybridized carbons (Fsp3) is 0.367. The molecule has 1 unspecified atom stereocenters. The van der Waals surface area contributed by atoms with E-state index in [1.807, 2.05) is 26.0 Å². The second-order valence-corrected chi connectivity index (χ2v) is 10.5. The molecule has 0 radical (unpaired) electrons. The summed E-state index contributed by atoms with van der Waals surface area (Å²) < 4.78 is 27.5. The molecule has 2 aromatic rings. The zero-order chi connectivity index (χ0) is 29.0. The summed E-state index contributed by atoms with van der Waals surface area (Å²) in [6.45, 7) is 10.4. The van der Waals surface area contributed by atoms with Crippen molar-refractivity contribution in [3.63, 3.8) is 0 Å². The van der Waals surface area contributed by atoms with Crippen molar-refractivity contribution in [2.45, 2.75) is 58.8 Å². The van der Waals surface area contributed by atoms with Crippen LogP contribution >= 0.6 is 0 Å². The Bertz CT molecular complexity index is 1320. The maximum Gasteiger partial charge on any atom is 0.408 e. The minimum Gasteiger partial charge on any atom is -0.496 e. The zero-order valence-electron chi connectivity index (χ0n) is 23.5. The third-order valence-corrected chi connectivity index (χ3v) is 5.57. The van der Waals surface area contributed by atoms with Gasteiger partial charge in [0.05, 0.1) is 25.3 Å². The van der Waals surface area contributed by atoms with E-state index in [1.54, 1.807) is 64.3 Å². The predicted octanol–water partition coefficient (Wildman–Crippen LogP) is 5.60. The number of methoxy groups -OCH3 is 2. The average molecular weight is 538 g/mol. The zero-order valence-corrected chi connectivity index (χ0v) is 23.5. The van der Waals surface area contributed by atoms with Gasteiger partial charge in [-0.1, -0.05) is 12.1 Å². The van der Waals surface area contributed by atoms with Crippen molar-refractivity contribution in [3.05, 3.63) is 59.2 Å². The van der Waals surface area contributed by atoms with Crippen molar-refractivity contribution in [1.29, 1.82) is 0 Å². The minimum atomic E-state index is -0.982. The van der Waals surface area contributed by atoms with E-state index in [0.717, 1.165) is 0 Å². The number of ether oxygens (including phenoxy) is 5. The van der Waals surface area contributed by atoms with Crippen molar-refractivity contribution in [3.8, 4) is 23.0 Å². The van der Waals surface area contributed by atoms with Crippen molar-refractivity contribution in [2.75, 3.05) is 14.2 Å². The first-order valence-electron chi connectivity index (χ1n) is 12.4. The van der Waals surface area contributed by atoms with Crippen LogP contribution in [0.1, 0.15) is 63.0 Å². The Hall–Kier alpha value is -4.27. The van der Waals surface area contributed by atoms with Gasteiger partial charge in [-0.3, -0.25) is 4.79 Å². The molecule has 0 fully saturated rings. The quantitative estimate of drug-likeness (QED) is 0.201. The van der Waals surface area contributed by atoms with Crippen LogP contribution in [0.4, 0.5) is 4.79 Å². The summed E-state index contributed by atoms with van der Waals surface area (Å²) in [4.78, 5) is 37.8. The number of carbonyl (C=O) groups excluding carboxylic acids is 3. The highest BCUT2D eigenvalue weighted by molar-refractivity contribution is 6.09. The molecule has 0 spiro atoms. The van der Waals surface area contributed by atoms with Crippen LogP contribution in [-0.4, -0.2) is 49.3 Å². The van der Waals surface area contributed by atoms with Crippen molar-refractivity contribution in [2.24, 2.45) is 0 Å². The van der Waals surface area contributed by atoms with Gasteiger partial charge in [-0.05, 0) is 89.6 Å². The SMILES string of the molecule is COc1ccc(C=CC(=O)c2ccc(OC)c3c2OC(C)(C)C=C3)cc1OC(=O)C(C)NC(=O)OC(C)(C)C. The van der Waals surface area contributed by atoms with Gasteiger partial charge in [0.1, 0.15) is 28.7 Å². The molecule has 1 atom stereocenters. The largest absolute Gasteiger partial charge is 0.496 e. The minimum absolute atomic E-state index is 0.131. The fourth-order valence-electron chi connectivity index (χ4n) is 3.68. The number of benzene rings is 2. The van der Waals surface area contributed by atoms with Gasteiger partial charge in [0.2, 0.25) is 0 Å². The Morgan fingerprint density at radius 3 is 2.31 bits per heavy atom. The second kappa shape index (κ2) is 11.6. The first-order chi connectivity index (χ1) is 18.2. The predicted molar refractivity (Wildman–Crippen MR) is 148 cm³/mol. The third-order valence-electron chi connectivity index (χ3n) is 5.57. The van der Waals surface area contributed by atoms with E-state index in [2.05, 4.69) is 5.32 Å². The Kier molecular flexibility index (Phi) is 8.74. The lowest BCUT2D eigenvalue weighted by molar-refractivity contribution is -0.136. The van der Waals surface area contributed by atoms with Crippen LogP contribution in [0.25, 0.3) is 12.2 Å². The van der Waals surface area contributed by atoms with Crippen LogP contribution in [0.5, 0.6) is 23.0 Å². The maximum atomic E-state index is 13.2. The number of carbonyl (C=O) groups is 3. The molecule has 0 aliphatic carbocycles. The van der Waals surface area contributed by atoms with Gasteiger partial charge < -0.3 is 29.0 Å². The second-order valence-electron chi connectivity index (χ2n) is 10.5. The molecule has 1 aliphatic rings. The molecule has 0 bridgehead atoms. The molecular formula is C30H35NO8. The maximum absolute atomic E-state index is 13.2. The Morgan fingerprint density at radius 2 is 1.67 bits per heavy atom. The fourth-order valence-corrected chi connectivity index (χ4v) is 3.68.